The zero-order valence-electron chi connectivity index (χ0n) is 19.6. The fraction of sp³-hybridized carbons (Fsp3) is 0.500. The van der Waals surface area contributed by atoms with Crippen LogP contribution < -0.4 is 4.90 Å². The average Bonchev–Trinajstić information content (AvgIpc) is 3.79. The lowest BCUT2D eigenvalue weighted by Gasteiger charge is -2.42. The first kappa shape index (κ1) is 22.5. The van der Waals surface area contributed by atoms with Crippen molar-refractivity contribution in [2.75, 3.05) is 38.3 Å². The molecule has 1 atom stereocenters. The minimum atomic E-state index is 0.157. The van der Waals surface area contributed by atoms with Gasteiger partial charge in [0.05, 0.1) is 42.2 Å². The largest absolute Gasteiger partial charge is 0.384 e. The summed E-state index contributed by atoms with van der Waals surface area (Å²) in [6.07, 6.45) is 8.32. The molecule has 8 nitrogen and oxygen atoms in total. The Bertz CT molecular complexity index is 1130. The van der Waals surface area contributed by atoms with Crippen LogP contribution in [0.4, 0.5) is 5.82 Å². The predicted molar refractivity (Wildman–Crippen MR) is 129 cm³/mol. The van der Waals surface area contributed by atoms with E-state index in [0.29, 0.717) is 55.8 Å². The Kier molecular flexibility index (Phi) is 6.29. The van der Waals surface area contributed by atoms with Gasteiger partial charge in [-0.15, -0.1) is 0 Å². The van der Waals surface area contributed by atoms with Crippen LogP contribution in [0.2, 0.25) is 0 Å². The minimum absolute atomic E-state index is 0.157. The molecular weight excluding hydrogens is 428 g/mol. The van der Waals surface area contributed by atoms with E-state index in [1.54, 1.807) is 19.4 Å². The zero-order valence-corrected chi connectivity index (χ0v) is 19.6. The van der Waals surface area contributed by atoms with Crippen LogP contribution >= 0.6 is 0 Å². The zero-order chi connectivity index (χ0) is 23.7. The van der Waals surface area contributed by atoms with Crippen LogP contribution in [0.3, 0.4) is 0 Å². The van der Waals surface area contributed by atoms with Crippen molar-refractivity contribution in [3.8, 4) is 17.2 Å². The molecule has 0 N–H and O–H groups in total. The van der Waals surface area contributed by atoms with Gasteiger partial charge in [-0.2, -0.15) is 15.5 Å². The number of amides is 1. The maximum Gasteiger partial charge on any atom is 0.225 e. The van der Waals surface area contributed by atoms with Crippen molar-refractivity contribution < 1.29 is 9.53 Å². The topological polar surface area (TPSA) is 95.2 Å². The molecule has 2 saturated carbocycles. The summed E-state index contributed by atoms with van der Waals surface area (Å²) in [6.45, 7) is 6.27. The third-order valence-electron chi connectivity index (χ3n) is 7.03. The molecular formula is C26H30N6O2. The second-order valence-electron chi connectivity index (χ2n) is 9.43. The number of anilines is 1. The molecule has 0 bridgehead atoms. The fourth-order valence-corrected chi connectivity index (χ4v) is 4.90. The van der Waals surface area contributed by atoms with Crippen LogP contribution in [0.15, 0.2) is 24.9 Å². The summed E-state index contributed by atoms with van der Waals surface area (Å²) in [4.78, 5) is 22.2. The van der Waals surface area contributed by atoms with E-state index in [-0.39, 0.29) is 11.9 Å². The third-order valence-corrected chi connectivity index (χ3v) is 7.03. The molecule has 0 aromatic carbocycles. The first-order valence-electron chi connectivity index (χ1n) is 12.1. The van der Waals surface area contributed by atoms with Crippen molar-refractivity contribution in [3.63, 3.8) is 0 Å². The summed E-state index contributed by atoms with van der Waals surface area (Å²) in [6, 6.07) is 6.45. The number of carbonyl (C=O) groups is 1. The summed E-state index contributed by atoms with van der Waals surface area (Å²) in [7, 11) is 1.63. The van der Waals surface area contributed by atoms with Gasteiger partial charge >= 0.3 is 0 Å². The molecule has 0 unspecified atom stereocenters. The van der Waals surface area contributed by atoms with E-state index in [0.717, 1.165) is 48.3 Å². The number of rotatable bonds is 8. The molecule has 0 radical (unpaired) electrons. The van der Waals surface area contributed by atoms with Crippen molar-refractivity contribution in [1.82, 2.24) is 20.1 Å². The van der Waals surface area contributed by atoms with Gasteiger partial charge in [-0.1, -0.05) is 6.58 Å². The molecule has 1 saturated heterocycles. The number of carbonyl (C=O) groups excluding carboxylic acids is 1. The van der Waals surface area contributed by atoms with Gasteiger partial charge in [0.25, 0.3) is 0 Å². The molecule has 1 amide bonds. The second-order valence-corrected chi connectivity index (χ2v) is 9.43. The Hall–Kier alpha value is -3.31. The molecule has 3 aliphatic rings. The van der Waals surface area contributed by atoms with Crippen molar-refractivity contribution in [1.29, 1.82) is 5.26 Å². The highest BCUT2D eigenvalue weighted by molar-refractivity contribution is 5.77. The highest BCUT2D eigenvalue weighted by Crippen LogP contribution is 2.45. The van der Waals surface area contributed by atoms with Gasteiger partial charge in [0.2, 0.25) is 5.91 Å². The van der Waals surface area contributed by atoms with Crippen LogP contribution in [0, 0.1) is 17.2 Å². The van der Waals surface area contributed by atoms with Crippen LogP contribution in [0.25, 0.3) is 17.2 Å². The summed E-state index contributed by atoms with van der Waals surface area (Å²) in [5.41, 5.74) is 4.15. The predicted octanol–water partition coefficient (Wildman–Crippen LogP) is 3.39. The van der Waals surface area contributed by atoms with Crippen molar-refractivity contribution >= 4 is 17.8 Å². The Morgan fingerprint density at radius 1 is 1.29 bits per heavy atom. The first-order chi connectivity index (χ1) is 16.6. The molecule has 2 aliphatic carbocycles. The van der Waals surface area contributed by atoms with Crippen LogP contribution in [-0.2, 0) is 9.53 Å². The van der Waals surface area contributed by atoms with Crippen molar-refractivity contribution in [2.24, 2.45) is 5.92 Å². The first-order valence-corrected chi connectivity index (χ1v) is 12.1. The number of nitriles is 1. The van der Waals surface area contributed by atoms with Gasteiger partial charge in [0.1, 0.15) is 11.9 Å². The Balaban J connectivity index is 1.47. The standard InChI is InChI=1S/C26H30N6O2/c1-3-21-12-20(15-28-30-21)22-13-19(14-27)26(29-25(22)18-6-7-18)31-9-10-32(24(33)8-11-34-2)23(16-31)17-4-5-17/h3,12-13,15,17-18,23H,1,4-11,16H2,2H3/t23-/m0/s1. The molecule has 34 heavy (non-hydrogen) atoms. The number of hydrogen-bond acceptors (Lipinski definition) is 7. The van der Waals surface area contributed by atoms with Gasteiger partial charge in [-0.3, -0.25) is 4.79 Å². The van der Waals surface area contributed by atoms with Gasteiger partial charge in [-0.05, 0) is 49.8 Å². The Labute approximate surface area is 200 Å². The lowest BCUT2D eigenvalue weighted by molar-refractivity contribution is -0.135. The normalized spacial score (nSPS) is 20.2. The van der Waals surface area contributed by atoms with Gasteiger partial charge < -0.3 is 14.5 Å². The summed E-state index contributed by atoms with van der Waals surface area (Å²) in [5.74, 6) is 1.83. The number of piperazine rings is 1. The lowest BCUT2D eigenvalue weighted by atomic mass is 9.99. The van der Waals surface area contributed by atoms with E-state index < -0.39 is 0 Å². The van der Waals surface area contributed by atoms with E-state index in [1.807, 2.05) is 17.0 Å². The minimum Gasteiger partial charge on any atom is -0.384 e. The van der Waals surface area contributed by atoms with Crippen LogP contribution in [0.1, 0.15) is 55.0 Å². The summed E-state index contributed by atoms with van der Waals surface area (Å²) in [5, 5.41) is 18.2. The van der Waals surface area contributed by atoms with E-state index in [4.69, 9.17) is 9.72 Å². The maximum atomic E-state index is 12.8. The molecule has 8 heteroatoms. The van der Waals surface area contributed by atoms with Gasteiger partial charge in [0, 0.05) is 43.8 Å². The molecule has 1 aliphatic heterocycles. The molecule has 5 rings (SSSR count). The van der Waals surface area contributed by atoms with Gasteiger partial charge in [0.15, 0.2) is 0 Å². The lowest BCUT2D eigenvalue weighted by Crippen LogP contribution is -2.56. The number of ether oxygens (including phenoxy) is 1. The molecule has 2 aromatic rings. The van der Waals surface area contributed by atoms with Crippen LogP contribution in [-0.4, -0.2) is 65.4 Å². The number of aromatic nitrogens is 3. The highest BCUT2D eigenvalue weighted by Gasteiger charge is 2.41. The highest BCUT2D eigenvalue weighted by atomic mass is 16.5. The maximum absolute atomic E-state index is 12.8. The fourth-order valence-electron chi connectivity index (χ4n) is 4.90. The quantitative estimate of drug-likeness (QED) is 0.598. The Morgan fingerprint density at radius 3 is 2.79 bits per heavy atom. The third kappa shape index (κ3) is 4.53. The SMILES string of the molecule is C=Cc1cc(-c2cc(C#N)c(N3CCN(C(=O)CCOC)[C@H](C4CC4)C3)nc2C2CC2)cnn1. The molecule has 0 spiro atoms. The molecule has 3 heterocycles. The molecule has 3 fully saturated rings. The monoisotopic (exact) mass is 458 g/mol. The van der Waals surface area contributed by atoms with E-state index in [9.17, 15) is 10.1 Å². The number of hydrogen-bond donors (Lipinski definition) is 0. The van der Waals surface area contributed by atoms with Crippen molar-refractivity contribution in [2.45, 2.75) is 44.1 Å². The number of pyridine rings is 1. The van der Waals surface area contributed by atoms with Crippen LogP contribution in [0.5, 0.6) is 0 Å². The van der Waals surface area contributed by atoms with Crippen molar-refractivity contribution in [3.05, 3.63) is 41.9 Å². The number of methoxy groups -OCH3 is 1. The summed E-state index contributed by atoms with van der Waals surface area (Å²) >= 11 is 0. The van der Waals surface area contributed by atoms with Gasteiger partial charge in [-0.25, -0.2) is 4.98 Å². The molecule has 2 aromatic heterocycles. The summed E-state index contributed by atoms with van der Waals surface area (Å²) < 4.78 is 5.12. The van der Waals surface area contributed by atoms with E-state index >= 15 is 0 Å². The smallest absolute Gasteiger partial charge is 0.225 e. The second kappa shape index (κ2) is 9.51. The Morgan fingerprint density at radius 2 is 2.12 bits per heavy atom. The van der Waals surface area contributed by atoms with E-state index in [2.05, 4.69) is 27.7 Å². The average molecular weight is 459 g/mol. The number of nitrogens with zero attached hydrogens (tertiary/aromatic N) is 6. The molecule has 176 valence electrons. The van der Waals surface area contributed by atoms with E-state index in [1.165, 1.54) is 0 Å².